The zero-order valence-corrected chi connectivity index (χ0v) is 54.0. The van der Waals surface area contributed by atoms with E-state index >= 15 is 0 Å². The molecule has 0 bridgehead atoms. The molecule has 2 aromatic carbocycles. The van der Waals surface area contributed by atoms with Gasteiger partial charge in [0.15, 0.2) is 33.6 Å². The van der Waals surface area contributed by atoms with Crippen molar-refractivity contribution in [3.8, 4) is 0 Å². The topological polar surface area (TPSA) is 222 Å². The van der Waals surface area contributed by atoms with Crippen LogP contribution in [0.1, 0.15) is 100 Å². The summed E-state index contributed by atoms with van der Waals surface area (Å²) in [7, 11) is 1.76. The molecule has 2 aromatic rings. The second-order valence-corrected chi connectivity index (χ2v) is 33.3. The smallest absolute Gasteiger partial charge is 1.00 e. The van der Waals surface area contributed by atoms with Gasteiger partial charge < -0.3 is 88.4 Å². The Morgan fingerprint density at radius 2 is 1.09 bits per heavy atom. The van der Waals surface area contributed by atoms with Crippen LogP contribution in [0.5, 0.6) is 0 Å². The van der Waals surface area contributed by atoms with Crippen LogP contribution in [0.2, 0.25) is 36.3 Å². The van der Waals surface area contributed by atoms with E-state index in [0.29, 0.717) is 12.8 Å². The van der Waals surface area contributed by atoms with E-state index in [1.807, 2.05) is 81.4 Å². The number of hydrogen-bond donors (Lipinski definition) is 5. The fraction of sp³-hybridized carbons (Fsp3) is 0.667. The van der Waals surface area contributed by atoms with E-state index in [0.717, 1.165) is 11.1 Å². The molecule has 11 atom stereocenters. The monoisotopic (exact) mass is 1170 g/mol. The van der Waals surface area contributed by atoms with Crippen LogP contribution in [0, 0.1) is 7.43 Å². The van der Waals surface area contributed by atoms with Crippen LogP contribution in [0.4, 0.5) is 19.2 Å². The maximum Gasteiger partial charge on any atom is 2.00 e. The Balaban J connectivity index is 0.000000500. The van der Waals surface area contributed by atoms with E-state index in [1.54, 1.807) is 42.0 Å². The number of epoxide rings is 2. The number of hydrogen-bond acceptors (Lipinski definition) is 12. The fourth-order valence-electron chi connectivity index (χ4n) is 10.1. The molecular weight excluding hydrogens is 1090 g/mol. The SMILES string of the molecule is CC[C@@]12O[C@@H]1[C@H](NC(=O)OCc1ccccc1)[C@@](NC(=O)N(C)C)([C@H](C)O[Si](C)(C)C(C)(C)C)C2=O.CC[C@@]12O[C@@H]1[C@H](NC(=O)OCc1ccccc1)[C@@](NC(=O)N(C)C)([C@H](C)O[Si](C)(C)C(C)(C)C)[C@@]2(C)O.[Br-].[CH3-].[Mg+2]. The molecule has 76 heavy (non-hydrogen) atoms. The first-order chi connectivity index (χ1) is 33.6. The predicted octanol–water partition coefficient (Wildman–Crippen LogP) is 4.92. The average Bonchev–Trinajstić information content (AvgIpc) is 4.21. The summed E-state index contributed by atoms with van der Waals surface area (Å²) in [6, 6.07) is 16.2. The van der Waals surface area contributed by atoms with Gasteiger partial charge in [0, 0.05) is 28.2 Å². The van der Waals surface area contributed by atoms with Crippen molar-refractivity contribution in [2.75, 3.05) is 28.2 Å². The van der Waals surface area contributed by atoms with Gasteiger partial charge in [0.25, 0.3) is 0 Å². The molecule has 0 unspecified atom stereocenters. The van der Waals surface area contributed by atoms with Gasteiger partial charge in [-0.1, -0.05) is 116 Å². The van der Waals surface area contributed by atoms with Gasteiger partial charge in [-0.3, -0.25) is 4.79 Å². The zero-order chi connectivity index (χ0) is 55.1. The molecule has 6 rings (SSSR count). The molecule has 5 N–H and O–H groups in total. The normalized spacial score (nSPS) is 28.8. The van der Waals surface area contributed by atoms with E-state index < -0.39 is 105 Å². The number of halogens is 1. The number of nitrogens with one attached hydrogen (secondary N) is 4. The van der Waals surface area contributed by atoms with Crippen LogP contribution in [-0.2, 0) is 45.8 Å². The maximum absolute atomic E-state index is 14.1. The van der Waals surface area contributed by atoms with Crippen molar-refractivity contribution in [3.05, 3.63) is 79.2 Å². The van der Waals surface area contributed by atoms with E-state index in [4.69, 9.17) is 27.8 Å². The largest absolute Gasteiger partial charge is 2.00 e. The molecule has 424 valence electrons. The molecule has 0 spiro atoms. The molecule has 22 heteroatoms. The Hall–Kier alpha value is -3.33. The second-order valence-electron chi connectivity index (χ2n) is 23.8. The first-order valence-electron chi connectivity index (χ1n) is 25.5. The minimum atomic E-state index is -2.36. The third-order valence-corrected chi connectivity index (χ3v) is 25.9. The van der Waals surface area contributed by atoms with Crippen molar-refractivity contribution >= 4 is 69.7 Å². The third kappa shape index (κ3) is 13.0. The Morgan fingerprint density at radius 3 is 1.49 bits per heavy atom. The Kier molecular flexibility index (Phi) is 22.6. The van der Waals surface area contributed by atoms with Crippen molar-refractivity contribution in [2.24, 2.45) is 0 Å². The van der Waals surface area contributed by atoms with Gasteiger partial charge in [0.1, 0.15) is 42.2 Å². The number of nitrogens with zero attached hydrogens (tertiary/aromatic N) is 2. The number of ketones is 1. The number of rotatable bonds is 16. The maximum atomic E-state index is 14.1. The average molecular weight is 1170 g/mol. The number of ether oxygens (including phenoxy) is 4. The molecule has 0 radical (unpaired) electrons. The summed E-state index contributed by atoms with van der Waals surface area (Å²) in [6.07, 6.45) is -2.94. The van der Waals surface area contributed by atoms with Crippen LogP contribution in [-0.4, -0.2) is 177 Å². The standard InChI is InChI=1S/C27H45N3O6Si.C26H41N3O6Si.CH3.BrH.Mg/c1-11-26-21(35-26)20(28-23(32)34-17-19-15-13-12-14-16-19)27(25(26,6)33,29-22(31)30(7)8)18(2)36-37(9,10)24(3,4)5;1-10-25-20(34-25)19(27-23(32)33-16-18-14-12-11-13-15-18)26(21(25)30,28-22(31)29(6)7)17(2)35-36(8,9)24(3,4)5;;;/h12-16,18,20-21,33H,11,17H2,1-10H3,(H,28,32)(H,29,31);11-15,17,19-20H,10,16H2,1-9H3,(H,27,32)(H,28,31);1H3;1H;/q;;-1;;+2/p-1/t18-,20-,21+,25-,26+,27-;17-,19-,20+,25+,26-;;;/m00.../s1. The van der Waals surface area contributed by atoms with Gasteiger partial charge in [-0.05, 0) is 81.0 Å². The van der Waals surface area contributed by atoms with Crippen molar-refractivity contribution in [1.29, 1.82) is 0 Å². The number of fused-ring (bicyclic) bond motifs is 2. The molecule has 2 heterocycles. The first kappa shape index (κ1) is 68.8. The summed E-state index contributed by atoms with van der Waals surface area (Å²) in [5.74, 6) is -0.280. The van der Waals surface area contributed by atoms with Crippen molar-refractivity contribution in [2.45, 2.75) is 203 Å². The number of amides is 6. The van der Waals surface area contributed by atoms with Crippen LogP contribution >= 0.6 is 0 Å². The number of carbonyl (C=O) groups excluding carboxylic acids is 5. The summed E-state index contributed by atoms with van der Waals surface area (Å²) in [5, 5.41) is 23.9. The molecule has 4 fully saturated rings. The molecule has 2 saturated carbocycles. The summed E-state index contributed by atoms with van der Waals surface area (Å²) < 4.78 is 36.5. The number of aliphatic hydroxyl groups is 1. The number of Topliss-reactive ketones (excluding diaryl/α,β-unsaturated/α-hetero) is 1. The second kappa shape index (κ2) is 25.0. The minimum absolute atomic E-state index is 0. The Bertz CT molecular complexity index is 2330. The summed E-state index contributed by atoms with van der Waals surface area (Å²) in [5.41, 5.74) is -4.83. The number of urea groups is 2. The van der Waals surface area contributed by atoms with Gasteiger partial charge >= 0.3 is 47.3 Å². The van der Waals surface area contributed by atoms with Crippen LogP contribution < -0.4 is 38.2 Å². The van der Waals surface area contributed by atoms with Gasteiger partial charge in [-0.25, -0.2) is 19.2 Å². The van der Waals surface area contributed by atoms with Crippen LogP contribution in [0.15, 0.2) is 60.7 Å². The van der Waals surface area contributed by atoms with Crippen molar-refractivity contribution in [1.82, 2.24) is 31.1 Å². The number of alkyl carbamates (subject to hydrolysis) is 2. The van der Waals surface area contributed by atoms with Crippen molar-refractivity contribution < 1.29 is 73.9 Å². The summed E-state index contributed by atoms with van der Waals surface area (Å²) >= 11 is 0. The predicted molar refractivity (Wildman–Crippen MR) is 296 cm³/mol. The Morgan fingerprint density at radius 1 is 0.684 bits per heavy atom. The zero-order valence-electron chi connectivity index (χ0n) is 49.0. The molecule has 0 aromatic heterocycles. The third-order valence-electron chi connectivity index (χ3n) is 16.8. The van der Waals surface area contributed by atoms with Gasteiger partial charge in [0.2, 0.25) is 0 Å². The minimum Gasteiger partial charge on any atom is -1.00 e. The van der Waals surface area contributed by atoms with E-state index in [-0.39, 0.29) is 76.5 Å². The quantitative estimate of drug-likeness (QED) is 0.0860. The molecule has 6 amide bonds. The number of carbonyl (C=O) groups is 5. The van der Waals surface area contributed by atoms with Gasteiger partial charge in [0.05, 0.1) is 24.3 Å². The molecular formula is C54H89BrMgN6O12Si2. The first-order valence-corrected chi connectivity index (χ1v) is 31.3. The molecule has 2 aliphatic heterocycles. The van der Waals surface area contributed by atoms with Crippen molar-refractivity contribution in [3.63, 3.8) is 0 Å². The fourth-order valence-corrected chi connectivity index (χ4v) is 13.0. The van der Waals surface area contributed by atoms with E-state index in [2.05, 4.69) is 89.0 Å². The summed E-state index contributed by atoms with van der Waals surface area (Å²) in [6.45, 7) is 30.5. The van der Waals surface area contributed by atoms with Crippen LogP contribution in [0.3, 0.4) is 0 Å². The molecule has 4 aliphatic rings. The van der Waals surface area contributed by atoms with Crippen LogP contribution in [0.25, 0.3) is 0 Å². The number of benzene rings is 2. The molecule has 2 aliphatic carbocycles. The summed E-state index contributed by atoms with van der Waals surface area (Å²) in [4.78, 5) is 69.1. The van der Waals surface area contributed by atoms with E-state index in [9.17, 15) is 29.1 Å². The van der Waals surface area contributed by atoms with Gasteiger partial charge in [-0.2, -0.15) is 0 Å². The molecule has 18 nitrogen and oxygen atoms in total. The van der Waals surface area contributed by atoms with E-state index in [1.165, 1.54) is 9.80 Å². The molecule has 2 saturated heterocycles. The van der Waals surface area contributed by atoms with Gasteiger partial charge in [-0.15, -0.1) is 0 Å². The Labute approximate surface area is 482 Å².